The summed E-state index contributed by atoms with van der Waals surface area (Å²) in [7, 11) is 0. The Morgan fingerprint density at radius 1 is 1.03 bits per heavy atom. The van der Waals surface area contributed by atoms with E-state index >= 15 is 0 Å². The van der Waals surface area contributed by atoms with E-state index in [9.17, 15) is 14.4 Å². The Bertz CT molecular complexity index is 956. The van der Waals surface area contributed by atoms with Crippen molar-refractivity contribution in [1.82, 2.24) is 15.5 Å². The van der Waals surface area contributed by atoms with Crippen LogP contribution in [0.25, 0.3) is 0 Å². The molecule has 36 heavy (non-hydrogen) atoms. The second-order valence-electron chi connectivity index (χ2n) is 11.2. The zero-order chi connectivity index (χ0) is 27.8. The molecular weight excluding hydrogens is 454 g/mol. The van der Waals surface area contributed by atoms with E-state index < -0.39 is 29.3 Å². The fourth-order valence-electron chi connectivity index (χ4n) is 3.84. The maximum absolute atomic E-state index is 14.4. The fourth-order valence-corrected chi connectivity index (χ4v) is 3.84. The van der Waals surface area contributed by atoms with Crippen LogP contribution >= 0.6 is 0 Å². The molecule has 0 saturated heterocycles. The average molecular weight is 500 g/mol. The molecule has 0 heterocycles. The lowest BCUT2D eigenvalue weighted by molar-refractivity contribution is -0.150. The van der Waals surface area contributed by atoms with Gasteiger partial charge in [-0.1, -0.05) is 51.3 Å². The normalized spacial score (nSPS) is 14.3. The molecule has 3 atom stereocenters. The second kappa shape index (κ2) is 12.8. The molecular formula is C29H45N3O4. The summed E-state index contributed by atoms with van der Waals surface area (Å²) in [4.78, 5) is 42.4. The minimum absolute atomic E-state index is 0.148. The molecule has 0 aliphatic heterocycles. The molecule has 2 N–H and O–H groups in total. The van der Waals surface area contributed by atoms with Crippen LogP contribution in [0.5, 0.6) is 0 Å². The number of nitrogens with zero attached hydrogens (tertiary/aromatic N) is 1. The van der Waals surface area contributed by atoms with Crippen LogP contribution in [0.15, 0.2) is 24.3 Å². The minimum Gasteiger partial charge on any atom is -0.444 e. The molecule has 0 bridgehead atoms. The molecule has 1 rings (SSSR count). The summed E-state index contributed by atoms with van der Waals surface area (Å²) < 4.78 is 5.46. The summed E-state index contributed by atoms with van der Waals surface area (Å²) >= 11 is 0. The van der Waals surface area contributed by atoms with Gasteiger partial charge in [0.25, 0.3) is 0 Å². The van der Waals surface area contributed by atoms with Gasteiger partial charge in [-0.3, -0.25) is 9.59 Å². The number of carbonyl (C=O) groups excluding carboxylic acids is 3. The van der Waals surface area contributed by atoms with Gasteiger partial charge in [0.2, 0.25) is 11.8 Å². The van der Waals surface area contributed by atoms with Crippen molar-refractivity contribution in [2.75, 3.05) is 0 Å². The standard InChI is InChI=1S/C29H45N3O4/c1-12-20(6)23(31-27(35)36-28(7,8)9)26(34)32(29(10,11)14-3)24(25(33)30-19(4)5)22-18-16-15-17-21(22)13-2/h2,15-20,23-24H,12,14H2,1,3-11H3,(H,30,33)(H,31,35). The zero-order valence-electron chi connectivity index (χ0n) is 23.7. The lowest BCUT2D eigenvalue weighted by Crippen LogP contribution is -2.61. The molecule has 0 radical (unpaired) electrons. The Kier molecular flexibility index (Phi) is 11.0. The van der Waals surface area contributed by atoms with E-state index in [0.29, 0.717) is 24.0 Å². The van der Waals surface area contributed by atoms with Crippen LogP contribution < -0.4 is 10.6 Å². The largest absolute Gasteiger partial charge is 0.444 e. The van der Waals surface area contributed by atoms with Crippen molar-refractivity contribution in [2.45, 2.75) is 111 Å². The van der Waals surface area contributed by atoms with E-state index in [0.717, 1.165) is 0 Å². The summed E-state index contributed by atoms with van der Waals surface area (Å²) in [6.07, 6.45) is 6.33. The monoisotopic (exact) mass is 499 g/mol. The van der Waals surface area contributed by atoms with Crippen molar-refractivity contribution in [3.63, 3.8) is 0 Å². The molecule has 3 amide bonds. The van der Waals surface area contributed by atoms with Crippen LogP contribution in [0, 0.1) is 18.3 Å². The van der Waals surface area contributed by atoms with Crippen LogP contribution in [0.4, 0.5) is 4.79 Å². The third-order valence-electron chi connectivity index (χ3n) is 6.25. The predicted octanol–water partition coefficient (Wildman–Crippen LogP) is 5.19. The van der Waals surface area contributed by atoms with E-state index in [1.165, 1.54) is 0 Å². The van der Waals surface area contributed by atoms with Crippen molar-refractivity contribution in [3.8, 4) is 12.3 Å². The number of alkyl carbamates (subject to hydrolysis) is 1. The van der Waals surface area contributed by atoms with Crippen LogP contribution in [0.2, 0.25) is 0 Å². The molecule has 7 nitrogen and oxygen atoms in total. The Labute approximate surface area is 217 Å². The highest BCUT2D eigenvalue weighted by Gasteiger charge is 2.44. The third kappa shape index (κ3) is 8.29. The smallest absolute Gasteiger partial charge is 0.408 e. The van der Waals surface area contributed by atoms with Crippen molar-refractivity contribution in [1.29, 1.82) is 0 Å². The molecule has 0 aliphatic rings. The average Bonchev–Trinajstić information content (AvgIpc) is 2.78. The molecule has 200 valence electrons. The predicted molar refractivity (Wildman–Crippen MR) is 144 cm³/mol. The Balaban J connectivity index is 3.76. The number of terminal acetylenes is 1. The van der Waals surface area contributed by atoms with Gasteiger partial charge in [-0.15, -0.1) is 6.42 Å². The Morgan fingerprint density at radius 2 is 1.61 bits per heavy atom. The lowest BCUT2D eigenvalue weighted by Gasteiger charge is -2.45. The number of rotatable bonds is 10. The van der Waals surface area contributed by atoms with Gasteiger partial charge in [-0.25, -0.2) is 4.79 Å². The van der Waals surface area contributed by atoms with Crippen molar-refractivity contribution < 1.29 is 19.1 Å². The number of carbonyl (C=O) groups is 3. The highest BCUT2D eigenvalue weighted by atomic mass is 16.6. The minimum atomic E-state index is -0.992. The van der Waals surface area contributed by atoms with Gasteiger partial charge in [0.1, 0.15) is 17.7 Å². The molecule has 0 saturated carbocycles. The summed E-state index contributed by atoms with van der Waals surface area (Å²) in [5.41, 5.74) is -0.362. The van der Waals surface area contributed by atoms with Crippen LogP contribution in [-0.2, 0) is 14.3 Å². The number of hydrogen-bond acceptors (Lipinski definition) is 4. The van der Waals surface area contributed by atoms with Gasteiger partial charge >= 0.3 is 6.09 Å². The summed E-state index contributed by atoms with van der Waals surface area (Å²) in [6.45, 7) is 18.7. The quantitative estimate of drug-likeness (QED) is 0.434. The number of hydrogen-bond donors (Lipinski definition) is 2. The number of nitrogens with one attached hydrogen (secondary N) is 2. The number of benzene rings is 1. The van der Waals surface area contributed by atoms with Gasteiger partial charge in [0, 0.05) is 17.1 Å². The number of ether oxygens (including phenoxy) is 1. The first kappa shape index (κ1) is 31.0. The Morgan fingerprint density at radius 3 is 2.08 bits per heavy atom. The van der Waals surface area contributed by atoms with Gasteiger partial charge in [-0.05, 0) is 72.4 Å². The first-order valence-corrected chi connectivity index (χ1v) is 12.8. The Hall–Kier alpha value is -3.01. The van der Waals surface area contributed by atoms with E-state index in [4.69, 9.17) is 11.2 Å². The van der Waals surface area contributed by atoms with Crippen molar-refractivity contribution in [3.05, 3.63) is 35.4 Å². The maximum atomic E-state index is 14.4. The molecule has 7 heteroatoms. The molecule has 0 aromatic heterocycles. The third-order valence-corrected chi connectivity index (χ3v) is 6.25. The molecule has 3 unspecified atom stereocenters. The molecule has 0 aliphatic carbocycles. The zero-order valence-corrected chi connectivity index (χ0v) is 23.7. The highest BCUT2D eigenvalue weighted by Crippen LogP contribution is 2.34. The maximum Gasteiger partial charge on any atom is 0.408 e. The van der Waals surface area contributed by atoms with Gasteiger partial charge in [-0.2, -0.15) is 0 Å². The van der Waals surface area contributed by atoms with Crippen molar-refractivity contribution >= 4 is 17.9 Å². The highest BCUT2D eigenvalue weighted by molar-refractivity contribution is 5.93. The van der Waals surface area contributed by atoms with Crippen LogP contribution in [0.1, 0.15) is 99.2 Å². The summed E-state index contributed by atoms with van der Waals surface area (Å²) in [5.74, 6) is 1.76. The second-order valence-corrected chi connectivity index (χ2v) is 11.2. The van der Waals surface area contributed by atoms with Crippen molar-refractivity contribution in [2.24, 2.45) is 5.92 Å². The van der Waals surface area contributed by atoms with Crippen LogP contribution in [0.3, 0.4) is 0 Å². The fraction of sp³-hybridized carbons (Fsp3) is 0.621. The van der Waals surface area contributed by atoms with Gasteiger partial charge in [0.15, 0.2) is 0 Å². The first-order valence-electron chi connectivity index (χ1n) is 12.8. The topological polar surface area (TPSA) is 87.7 Å². The van der Waals surface area contributed by atoms with E-state index in [2.05, 4.69) is 16.6 Å². The molecule has 1 aromatic rings. The first-order chi connectivity index (χ1) is 16.6. The summed E-state index contributed by atoms with van der Waals surface area (Å²) in [5, 5.41) is 5.76. The molecule has 0 spiro atoms. The van der Waals surface area contributed by atoms with E-state index in [1.54, 1.807) is 49.9 Å². The van der Waals surface area contributed by atoms with Gasteiger partial charge in [0.05, 0.1) is 0 Å². The van der Waals surface area contributed by atoms with E-state index in [-0.39, 0.29) is 23.8 Å². The molecule has 1 aromatic carbocycles. The SMILES string of the molecule is C#Cc1ccccc1C(C(=O)NC(C)C)N(C(=O)C(NC(=O)OC(C)(C)C)C(C)CC)C(C)(C)CC. The van der Waals surface area contributed by atoms with Crippen LogP contribution in [-0.4, -0.2) is 46.0 Å². The van der Waals surface area contributed by atoms with Gasteiger partial charge < -0.3 is 20.3 Å². The molecule has 0 fully saturated rings. The van der Waals surface area contributed by atoms with E-state index in [1.807, 2.05) is 48.5 Å². The summed E-state index contributed by atoms with van der Waals surface area (Å²) in [6, 6.07) is 5.11. The number of amides is 3. The lowest BCUT2D eigenvalue weighted by atomic mass is 9.88.